The zero-order valence-electron chi connectivity index (χ0n) is 19.4. The Hall–Kier alpha value is -1.68. The van der Waals surface area contributed by atoms with Crippen LogP contribution in [-0.2, 0) is 13.1 Å². The van der Waals surface area contributed by atoms with E-state index >= 15 is 0 Å². The van der Waals surface area contributed by atoms with Crippen LogP contribution in [0.2, 0.25) is 0 Å². The van der Waals surface area contributed by atoms with E-state index in [2.05, 4.69) is 78.0 Å². The summed E-state index contributed by atoms with van der Waals surface area (Å²) in [6.45, 7) is 12.7. The molecule has 2 unspecified atom stereocenters. The van der Waals surface area contributed by atoms with Crippen molar-refractivity contribution < 1.29 is 13.1 Å². The predicted molar refractivity (Wildman–Crippen MR) is 139 cm³/mol. The van der Waals surface area contributed by atoms with Crippen LogP contribution >= 0.6 is 20.2 Å². The number of aliphatic imine (C=N–C) groups is 2. The van der Waals surface area contributed by atoms with E-state index in [-0.39, 0.29) is 25.2 Å². The Morgan fingerprint density at radius 1 is 0.688 bits per heavy atom. The maximum atomic E-state index is 4.89. The van der Waals surface area contributed by atoms with Crippen molar-refractivity contribution in [1.82, 2.24) is 0 Å². The first-order valence-electron chi connectivity index (χ1n) is 10.4. The molecule has 0 spiro atoms. The fourth-order valence-corrected chi connectivity index (χ4v) is 3.88. The monoisotopic (exact) mass is 510 g/mol. The van der Waals surface area contributed by atoms with Crippen LogP contribution in [0.5, 0.6) is 0 Å². The van der Waals surface area contributed by atoms with Crippen LogP contribution in [-0.4, -0.2) is 24.5 Å². The van der Waals surface area contributed by atoms with Gasteiger partial charge in [-0.1, -0.05) is 71.8 Å². The molecule has 0 saturated heterocycles. The molecule has 32 heavy (non-hydrogen) atoms. The van der Waals surface area contributed by atoms with Crippen LogP contribution in [0.1, 0.15) is 33.4 Å². The summed E-state index contributed by atoms with van der Waals surface area (Å²) >= 11 is 0.194. The molecule has 6 heteroatoms. The number of hydrogen-bond acceptors (Lipinski definition) is 2. The van der Waals surface area contributed by atoms with Gasteiger partial charge in [0.05, 0.1) is 11.4 Å². The molecule has 2 atom stereocenters. The van der Waals surface area contributed by atoms with Gasteiger partial charge in [0.15, 0.2) is 0 Å². The Labute approximate surface area is 207 Å². The summed E-state index contributed by atoms with van der Waals surface area (Å²) in [5.74, 6) is 0. The van der Waals surface area contributed by atoms with Gasteiger partial charge in [-0.3, -0.25) is 9.98 Å². The van der Waals surface area contributed by atoms with E-state index in [0.29, 0.717) is 0 Å². The quantitative estimate of drug-likeness (QED) is 0.293. The first kappa shape index (κ1) is 26.6. The van der Waals surface area contributed by atoms with E-state index in [1.165, 1.54) is 33.4 Å². The zero-order valence-corrected chi connectivity index (χ0v) is 22.0. The van der Waals surface area contributed by atoms with Gasteiger partial charge in [-0.25, -0.2) is 0 Å². The van der Waals surface area contributed by atoms with Crippen molar-refractivity contribution in [2.75, 3.05) is 0 Å². The number of aryl methyl sites for hydroxylation is 6. The molecule has 0 N–H and O–H groups in total. The summed E-state index contributed by atoms with van der Waals surface area (Å²) in [5, 5.41) is 4.89. The number of nitrogens with zero attached hydrogens (tertiary/aromatic N) is 3. The second kappa shape index (κ2) is 13.1. The van der Waals surface area contributed by atoms with E-state index in [4.69, 9.17) is 35.5 Å². The first-order chi connectivity index (χ1) is 15.2. The molecule has 0 saturated carbocycles. The van der Waals surface area contributed by atoms with Crippen molar-refractivity contribution in [1.29, 1.82) is 0 Å². The van der Waals surface area contributed by atoms with E-state index in [9.17, 15) is 0 Å². The Balaban J connectivity index is 0.00000114. The summed E-state index contributed by atoms with van der Waals surface area (Å²) in [7, 11) is 9.53. The van der Waals surface area contributed by atoms with Crippen molar-refractivity contribution in [3.63, 3.8) is 0 Å². The third-order valence-electron chi connectivity index (χ3n) is 5.06. The molecule has 1 aliphatic heterocycles. The van der Waals surface area contributed by atoms with Crippen LogP contribution in [0.3, 0.4) is 0 Å². The molecule has 2 aromatic rings. The topological polar surface area (TPSA) is 38.8 Å². The molecule has 0 bridgehead atoms. The van der Waals surface area contributed by atoms with Gasteiger partial charge >= 0.3 is 33.3 Å². The Kier molecular flexibility index (Phi) is 10.9. The van der Waals surface area contributed by atoms with Gasteiger partial charge in [-0.2, -0.15) is 0 Å². The fraction of sp³-hybridized carbons (Fsp3) is 0.308. The van der Waals surface area contributed by atoms with Gasteiger partial charge in [0.25, 0.3) is 0 Å². The van der Waals surface area contributed by atoms with Gasteiger partial charge in [-0.05, 0) is 76.2 Å². The molecule has 0 aromatic heterocycles. The standard InChI is InChI=1S/C26H30N3.2ClH.Fe/c1-17-11-19(3)25(20(4)12-17)27-15-23-9-7-8-10-24(29-23)16-28-26-21(5)13-18(2)14-22(26)6;;;/h7-16,23-24H,1-6H3;2*1H;/q-1;;;+3/p-2. The SMILES string of the molecule is Cc1cc(C)c(N=CC2C=CC=CC(C=Nc3c(C)cc(C)cc3C)[N-]2)c(C)c1.[Cl][Fe+][Cl]. The van der Waals surface area contributed by atoms with E-state index in [1.807, 2.05) is 24.6 Å². The molecule has 3 nitrogen and oxygen atoms in total. The normalized spacial score (nSPS) is 18.1. The minimum atomic E-state index is -0.0817. The van der Waals surface area contributed by atoms with Gasteiger partial charge in [0.2, 0.25) is 0 Å². The number of rotatable bonds is 4. The predicted octanol–water partition coefficient (Wildman–Crippen LogP) is 8.26. The van der Waals surface area contributed by atoms with Crippen molar-refractivity contribution in [3.8, 4) is 0 Å². The molecule has 1 aliphatic rings. The third-order valence-corrected chi connectivity index (χ3v) is 5.06. The number of hydrogen-bond donors (Lipinski definition) is 0. The van der Waals surface area contributed by atoms with Crippen LogP contribution < -0.4 is 0 Å². The van der Waals surface area contributed by atoms with Gasteiger partial charge in [0, 0.05) is 0 Å². The minimum absolute atomic E-state index is 0.0817. The molecule has 0 aliphatic carbocycles. The Morgan fingerprint density at radius 2 is 1.00 bits per heavy atom. The van der Waals surface area contributed by atoms with Crippen LogP contribution in [0.4, 0.5) is 11.4 Å². The molecule has 0 radical (unpaired) electrons. The fourth-order valence-electron chi connectivity index (χ4n) is 3.88. The average molecular weight is 511 g/mol. The summed E-state index contributed by atoms with van der Waals surface area (Å²) in [4.78, 5) is 9.52. The van der Waals surface area contributed by atoms with Crippen LogP contribution in [0.25, 0.3) is 5.32 Å². The molecule has 2 aromatic carbocycles. The molecule has 3 rings (SSSR count). The second-order valence-corrected chi connectivity index (χ2v) is 9.83. The third kappa shape index (κ3) is 8.03. The number of halogens is 2. The van der Waals surface area contributed by atoms with Crippen molar-refractivity contribution in [2.24, 2.45) is 9.98 Å². The van der Waals surface area contributed by atoms with Crippen molar-refractivity contribution >= 4 is 44.0 Å². The van der Waals surface area contributed by atoms with Crippen molar-refractivity contribution in [3.05, 3.63) is 87.3 Å². The summed E-state index contributed by atoms with van der Waals surface area (Å²) in [6.07, 6.45) is 12.1. The van der Waals surface area contributed by atoms with E-state index < -0.39 is 0 Å². The first-order valence-corrected chi connectivity index (χ1v) is 13.4. The van der Waals surface area contributed by atoms with E-state index in [0.717, 1.165) is 11.4 Å². The molecular weight excluding hydrogens is 481 g/mol. The van der Waals surface area contributed by atoms with Gasteiger partial charge in [-0.15, -0.1) is 0 Å². The Bertz CT molecular complexity index is 914. The molecular formula is C26H30Cl2FeN3. The second-order valence-electron chi connectivity index (χ2n) is 8.00. The van der Waals surface area contributed by atoms with Crippen molar-refractivity contribution in [2.45, 2.75) is 53.6 Å². The molecule has 171 valence electrons. The van der Waals surface area contributed by atoms with Gasteiger partial charge < -0.3 is 5.32 Å². The average Bonchev–Trinajstić information content (AvgIpc) is 2.92. The van der Waals surface area contributed by atoms with Crippen LogP contribution in [0, 0.1) is 41.5 Å². The summed E-state index contributed by atoms with van der Waals surface area (Å²) < 4.78 is 0. The summed E-state index contributed by atoms with van der Waals surface area (Å²) in [6, 6.07) is 8.52. The Morgan fingerprint density at radius 3 is 1.31 bits per heavy atom. The maximum absolute atomic E-state index is 4.89. The molecule has 0 amide bonds. The number of allylic oxidation sites excluding steroid dienone is 2. The van der Waals surface area contributed by atoms with Gasteiger partial charge in [0.1, 0.15) is 0 Å². The molecule has 1 heterocycles. The molecule has 0 fully saturated rings. The zero-order chi connectivity index (χ0) is 23.7. The van der Waals surface area contributed by atoms with E-state index in [1.54, 1.807) is 0 Å². The number of benzene rings is 2. The van der Waals surface area contributed by atoms with Crippen LogP contribution in [0.15, 0.2) is 58.6 Å². The summed E-state index contributed by atoms with van der Waals surface area (Å²) in [5.41, 5.74) is 9.37.